The molecule has 2 N–H and O–H groups in total. The summed E-state index contributed by atoms with van der Waals surface area (Å²) >= 11 is 0. The summed E-state index contributed by atoms with van der Waals surface area (Å²) in [5.74, 6) is -0.849. The Kier molecular flexibility index (Phi) is 4.77. The van der Waals surface area contributed by atoms with E-state index in [1.807, 2.05) is 42.5 Å². The molecule has 0 radical (unpaired) electrons. The fraction of sp³-hybridized carbons (Fsp3) is 0.250. The van der Waals surface area contributed by atoms with Crippen LogP contribution in [0, 0.1) is 0 Å². The third-order valence-corrected chi connectivity index (χ3v) is 3.23. The van der Waals surface area contributed by atoms with Crippen LogP contribution in [0.1, 0.15) is 12.8 Å². The summed E-state index contributed by atoms with van der Waals surface area (Å²) in [5, 5.41) is 13.6. The van der Waals surface area contributed by atoms with E-state index in [2.05, 4.69) is 5.32 Å². The van der Waals surface area contributed by atoms with Crippen molar-refractivity contribution in [2.75, 3.05) is 18.9 Å². The number of carboxylic acid groups (broad SMARTS) is 1. The van der Waals surface area contributed by atoms with Crippen LogP contribution in [-0.4, -0.2) is 35.6 Å². The largest absolute Gasteiger partial charge is 0.481 e. The molecule has 0 bridgehead atoms. The number of benzene rings is 2. The lowest BCUT2D eigenvalue weighted by atomic mass is 10.1. The summed E-state index contributed by atoms with van der Waals surface area (Å²) in [7, 11) is 1.65. The van der Waals surface area contributed by atoms with Gasteiger partial charge in [-0.3, -0.25) is 4.79 Å². The molecule has 0 saturated heterocycles. The molecule has 0 spiro atoms. The second-order valence-electron chi connectivity index (χ2n) is 4.91. The maximum atomic E-state index is 12.0. The number of urea groups is 1. The molecule has 0 aromatic heterocycles. The molecule has 21 heavy (non-hydrogen) atoms. The highest BCUT2D eigenvalue weighted by atomic mass is 16.4. The minimum absolute atomic E-state index is 0.0631. The lowest BCUT2D eigenvalue weighted by molar-refractivity contribution is -0.137. The smallest absolute Gasteiger partial charge is 0.321 e. The molecule has 0 aliphatic carbocycles. The predicted molar refractivity (Wildman–Crippen MR) is 82.5 cm³/mol. The lowest BCUT2D eigenvalue weighted by Gasteiger charge is -2.17. The monoisotopic (exact) mass is 286 g/mol. The molecule has 2 rings (SSSR count). The zero-order valence-electron chi connectivity index (χ0n) is 11.9. The van der Waals surface area contributed by atoms with Crippen molar-refractivity contribution in [3.8, 4) is 0 Å². The van der Waals surface area contributed by atoms with Gasteiger partial charge in [-0.2, -0.15) is 0 Å². The van der Waals surface area contributed by atoms with Crippen molar-refractivity contribution < 1.29 is 14.7 Å². The van der Waals surface area contributed by atoms with E-state index in [0.717, 1.165) is 16.5 Å². The van der Waals surface area contributed by atoms with Gasteiger partial charge < -0.3 is 15.3 Å². The van der Waals surface area contributed by atoms with E-state index in [0.29, 0.717) is 13.0 Å². The average Bonchev–Trinajstić information content (AvgIpc) is 2.46. The summed E-state index contributed by atoms with van der Waals surface area (Å²) < 4.78 is 0. The molecule has 110 valence electrons. The number of amides is 2. The Morgan fingerprint density at radius 3 is 2.57 bits per heavy atom. The summed E-state index contributed by atoms with van der Waals surface area (Å²) in [4.78, 5) is 23.9. The molecule has 0 saturated carbocycles. The standard InChI is InChI=1S/C16H18N2O3/c1-18(10-4-7-15(19)20)16(21)17-14-9-8-12-5-2-3-6-13(12)11-14/h2-3,5-6,8-9,11H,4,7,10H2,1H3,(H,17,21)(H,19,20). The summed E-state index contributed by atoms with van der Waals surface area (Å²) in [5.41, 5.74) is 0.726. The van der Waals surface area contributed by atoms with Gasteiger partial charge in [0.2, 0.25) is 0 Å². The molecular weight excluding hydrogens is 268 g/mol. The van der Waals surface area contributed by atoms with Crippen LogP contribution in [0.3, 0.4) is 0 Å². The van der Waals surface area contributed by atoms with Gasteiger partial charge in [0, 0.05) is 25.7 Å². The van der Waals surface area contributed by atoms with Crippen LogP contribution < -0.4 is 5.32 Å². The van der Waals surface area contributed by atoms with E-state index in [9.17, 15) is 9.59 Å². The van der Waals surface area contributed by atoms with Gasteiger partial charge >= 0.3 is 12.0 Å². The topological polar surface area (TPSA) is 69.6 Å². The third kappa shape index (κ3) is 4.21. The minimum atomic E-state index is -0.849. The maximum Gasteiger partial charge on any atom is 0.321 e. The summed E-state index contributed by atoms with van der Waals surface area (Å²) in [6.45, 7) is 0.408. The van der Waals surface area contributed by atoms with Crippen LogP contribution in [0.15, 0.2) is 42.5 Å². The Morgan fingerprint density at radius 1 is 1.14 bits per heavy atom. The lowest BCUT2D eigenvalue weighted by Crippen LogP contribution is -2.32. The van der Waals surface area contributed by atoms with Gasteiger partial charge in [0.1, 0.15) is 0 Å². The normalized spacial score (nSPS) is 10.3. The summed E-state index contributed by atoms with van der Waals surface area (Å²) in [6.07, 6.45) is 0.505. The number of carbonyl (C=O) groups excluding carboxylic acids is 1. The molecule has 0 atom stereocenters. The SMILES string of the molecule is CN(CCCC(=O)O)C(=O)Nc1ccc2ccccc2c1. The Hall–Kier alpha value is -2.56. The van der Waals surface area contributed by atoms with Gasteiger partial charge in [0.25, 0.3) is 0 Å². The summed E-state index contributed by atoms with van der Waals surface area (Å²) in [6, 6.07) is 13.4. The van der Waals surface area contributed by atoms with Crippen LogP contribution in [-0.2, 0) is 4.79 Å². The van der Waals surface area contributed by atoms with E-state index >= 15 is 0 Å². The van der Waals surface area contributed by atoms with E-state index < -0.39 is 5.97 Å². The van der Waals surface area contributed by atoms with Gasteiger partial charge in [-0.25, -0.2) is 4.79 Å². The van der Waals surface area contributed by atoms with Crippen molar-refractivity contribution >= 4 is 28.5 Å². The second-order valence-corrected chi connectivity index (χ2v) is 4.91. The quantitative estimate of drug-likeness (QED) is 0.887. The molecule has 5 nitrogen and oxygen atoms in total. The Labute approximate surface area is 123 Å². The number of anilines is 1. The Balaban J connectivity index is 1.95. The van der Waals surface area contributed by atoms with Crippen molar-refractivity contribution in [2.45, 2.75) is 12.8 Å². The maximum absolute atomic E-state index is 12.0. The van der Waals surface area contributed by atoms with Crippen molar-refractivity contribution in [2.24, 2.45) is 0 Å². The molecule has 0 heterocycles. The van der Waals surface area contributed by atoms with Gasteiger partial charge in [-0.1, -0.05) is 30.3 Å². The van der Waals surface area contributed by atoms with E-state index in [-0.39, 0.29) is 12.5 Å². The number of hydrogen-bond donors (Lipinski definition) is 2. The highest BCUT2D eigenvalue weighted by molar-refractivity contribution is 5.93. The number of carboxylic acids is 1. The number of nitrogens with zero attached hydrogens (tertiary/aromatic N) is 1. The van der Waals surface area contributed by atoms with Crippen molar-refractivity contribution in [3.05, 3.63) is 42.5 Å². The van der Waals surface area contributed by atoms with Crippen molar-refractivity contribution in [1.82, 2.24) is 4.90 Å². The van der Waals surface area contributed by atoms with Gasteiger partial charge in [0.05, 0.1) is 0 Å². The van der Waals surface area contributed by atoms with Gasteiger partial charge in [-0.15, -0.1) is 0 Å². The fourth-order valence-electron chi connectivity index (χ4n) is 2.05. The molecule has 0 fully saturated rings. The predicted octanol–water partition coefficient (Wildman–Crippen LogP) is 3.17. The highest BCUT2D eigenvalue weighted by Crippen LogP contribution is 2.19. The zero-order chi connectivity index (χ0) is 15.2. The van der Waals surface area contributed by atoms with Crippen molar-refractivity contribution in [1.29, 1.82) is 0 Å². The second kappa shape index (κ2) is 6.74. The van der Waals surface area contributed by atoms with E-state index in [4.69, 9.17) is 5.11 Å². The minimum Gasteiger partial charge on any atom is -0.481 e. The number of carbonyl (C=O) groups is 2. The number of hydrogen-bond acceptors (Lipinski definition) is 2. The average molecular weight is 286 g/mol. The highest BCUT2D eigenvalue weighted by Gasteiger charge is 2.09. The van der Waals surface area contributed by atoms with Gasteiger partial charge in [0.15, 0.2) is 0 Å². The fourth-order valence-corrected chi connectivity index (χ4v) is 2.05. The first-order chi connectivity index (χ1) is 10.1. The van der Waals surface area contributed by atoms with E-state index in [1.54, 1.807) is 7.05 Å². The third-order valence-electron chi connectivity index (χ3n) is 3.23. The van der Waals surface area contributed by atoms with Crippen LogP contribution in [0.5, 0.6) is 0 Å². The first kappa shape index (κ1) is 14.8. The number of rotatable bonds is 5. The molecular formula is C16H18N2O3. The Morgan fingerprint density at radius 2 is 1.86 bits per heavy atom. The molecule has 2 amide bonds. The van der Waals surface area contributed by atoms with Crippen LogP contribution >= 0.6 is 0 Å². The first-order valence-corrected chi connectivity index (χ1v) is 6.79. The number of nitrogens with one attached hydrogen (secondary N) is 1. The zero-order valence-corrected chi connectivity index (χ0v) is 11.9. The molecule has 2 aromatic carbocycles. The molecule has 5 heteroatoms. The molecule has 0 unspecified atom stereocenters. The van der Waals surface area contributed by atoms with E-state index in [1.165, 1.54) is 4.90 Å². The van der Waals surface area contributed by atoms with Crippen LogP contribution in [0.2, 0.25) is 0 Å². The van der Waals surface area contributed by atoms with Crippen LogP contribution in [0.4, 0.5) is 10.5 Å². The molecule has 2 aromatic rings. The first-order valence-electron chi connectivity index (χ1n) is 6.79. The molecule has 0 aliphatic heterocycles. The number of aliphatic carboxylic acids is 1. The number of fused-ring (bicyclic) bond motifs is 1. The van der Waals surface area contributed by atoms with Gasteiger partial charge in [-0.05, 0) is 29.3 Å². The van der Waals surface area contributed by atoms with Crippen LogP contribution in [0.25, 0.3) is 10.8 Å². The molecule has 0 aliphatic rings. The Bertz CT molecular complexity index is 655. The van der Waals surface area contributed by atoms with Crippen molar-refractivity contribution in [3.63, 3.8) is 0 Å².